The maximum Gasteiger partial charge on any atom is 0.235 e. The number of hydrogen-bond acceptors (Lipinski definition) is 3. The summed E-state index contributed by atoms with van der Waals surface area (Å²) in [5.41, 5.74) is 16.0. The van der Waals surface area contributed by atoms with Crippen LogP contribution in [0.25, 0.3) is 125 Å². The zero-order chi connectivity index (χ0) is 47.4. The van der Waals surface area contributed by atoms with E-state index in [-0.39, 0.29) is 5.92 Å². The highest BCUT2D eigenvalue weighted by Gasteiger charge is 2.28. The Hall–Kier alpha value is -8.90. The summed E-state index contributed by atoms with van der Waals surface area (Å²) in [5, 5.41) is 9.81. The first-order chi connectivity index (χ1) is 35.6. The highest BCUT2D eigenvalue weighted by molar-refractivity contribution is 7.26. The monoisotopic (exact) mass is 936 g/mol. The molecule has 338 valence electrons. The molecular formula is C67H44N4S. The molecule has 0 aliphatic heterocycles. The van der Waals surface area contributed by atoms with Crippen LogP contribution in [-0.4, -0.2) is 19.1 Å². The van der Waals surface area contributed by atoms with E-state index in [1.165, 1.54) is 103 Å². The van der Waals surface area contributed by atoms with Gasteiger partial charge in [-0.15, -0.1) is 11.3 Å². The minimum absolute atomic E-state index is 0.240. The summed E-state index contributed by atoms with van der Waals surface area (Å²) < 4.78 is 7.23. The Kier molecular flexibility index (Phi) is 9.14. The highest BCUT2D eigenvalue weighted by Crippen LogP contribution is 2.45. The first-order valence-electron chi connectivity index (χ1n) is 24.8. The Morgan fingerprint density at radius 2 is 1.10 bits per heavy atom. The van der Waals surface area contributed by atoms with Gasteiger partial charge < -0.3 is 4.57 Å². The van der Waals surface area contributed by atoms with E-state index in [4.69, 9.17) is 9.97 Å². The lowest BCUT2D eigenvalue weighted by Gasteiger charge is -2.29. The number of thiophene rings is 1. The van der Waals surface area contributed by atoms with Crippen molar-refractivity contribution in [3.8, 4) is 45.1 Å². The van der Waals surface area contributed by atoms with Crippen LogP contribution in [0.4, 0.5) is 0 Å². The summed E-state index contributed by atoms with van der Waals surface area (Å²) in [6.07, 6.45) is 13.4. The molecule has 2 aliphatic rings. The molecule has 0 N–H and O–H groups in total. The van der Waals surface area contributed by atoms with Crippen LogP contribution >= 0.6 is 11.3 Å². The normalized spacial score (nSPS) is 15.6. The molecule has 0 saturated carbocycles. The van der Waals surface area contributed by atoms with Crippen molar-refractivity contribution in [2.75, 3.05) is 0 Å². The molecule has 0 amide bonds. The molecule has 15 rings (SSSR count). The minimum Gasteiger partial charge on any atom is -0.309 e. The number of nitrogens with zero attached hydrogens (tertiary/aromatic N) is 4. The molecule has 72 heavy (non-hydrogen) atoms. The van der Waals surface area contributed by atoms with Crippen molar-refractivity contribution in [1.82, 2.24) is 19.1 Å². The molecule has 4 heterocycles. The second-order valence-electron chi connectivity index (χ2n) is 19.3. The number of para-hydroxylation sites is 3. The van der Waals surface area contributed by atoms with E-state index < -0.39 is 0 Å². The number of benzene rings is 9. The van der Waals surface area contributed by atoms with Crippen LogP contribution < -0.4 is 0 Å². The SMILES string of the molecule is CC1C(c2cc(-c3ccc4ccccc4c3)nc(-n3c4ccccc4c4cc(-c5ccc6sc7cccc(-c8ccc9c(c8)c8ccccc8n9-c8ccccc8)c7c6c5)ccc43)n2)=CC=C2C=CC=CC21. The quantitative estimate of drug-likeness (QED) is 0.167. The largest absolute Gasteiger partial charge is 0.309 e. The van der Waals surface area contributed by atoms with E-state index >= 15 is 0 Å². The molecule has 0 radical (unpaired) electrons. The van der Waals surface area contributed by atoms with Crippen molar-refractivity contribution in [1.29, 1.82) is 0 Å². The van der Waals surface area contributed by atoms with Gasteiger partial charge in [-0.25, -0.2) is 9.97 Å². The Morgan fingerprint density at radius 3 is 1.93 bits per heavy atom. The van der Waals surface area contributed by atoms with Crippen molar-refractivity contribution in [2.24, 2.45) is 11.8 Å². The second-order valence-corrected chi connectivity index (χ2v) is 20.4. The van der Waals surface area contributed by atoms with Gasteiger partial charge in [0.1, 0.15) is 0 Å². The fourth-order valence-electron chi connectivity index (χ4n) is 11.8. The summed E-state index contributed by atoms with van der Waals surface area (Å²) in [4.78, 5) is 11.0. The van der Waals surface area contributed by atoms with Crippen LogP contribution in [0.15, 0.2) is 242 Å². The lowest BCUT2D eigenvalue weighted by molar-refractivity contribution is 0.597. The van der Waals surface area contributed by atoms with Gasteiger partial charge >= 0.3 is 0 Å². The van der Waals surface area contributed by atoms with E-state index in [1.54, 1.807) is 0 Å². The molecular weight excluding hydrogens is 893 g/mol. The Labute approximate surface area is 420 Å². The predicted molar refractivity (Wildman–Crippen MR) is 304 cm³/mol. The molecule has 5 heteroatoms. The van der Waals surface area contributed by atoms with Crippen LogP contribution in [0.1, 0.15) is 12.6 Å². The number of hydrogen-bond donors (Lipinski definition) is 0. The van der Waals surface area contributed by atoms with Gasteiger partial charge in [0.15, 0.2) is 0 Å². The Morgan fingerprint density at radius 1 is 0.444 bits per heavy atom. The van der Waals surface area contributed by atoms with Crippen molar-refractivity contribution in [3.05, 3.63) is 248 Å². The predicted octanol–water partition coefficient (Wildman–Crippen LogP) is 17.9. The third-order valence-electron chi connectivity index (χ3n) is 15.3. The molecule has 9 aromatic carbocycles. The van der Waals surface area contributed by atoms with E-state index in [2.05, 4.69) is 253 Å². The standard InChI is InChI=1S/C67H44N4S/c1-41-50-19-8-7-15-43(50)28-32-51(41)59-40-58(48-27-26-42-14-5-6-16-44(42)36-48)68-67(69-59)71-61-24-12-10-21-54(61)55-37-45(29-33-63(55)71)46-31-35-64-57(38-46)66-52(22-13-25-65(66)72-64)47-30-34-62-56(39-47)53-20-9-11-23-60(53)70(62)49-17-3-2-4-18-49/h2-41,50H,1H3. The number of aromatic nitrogens is 4. The molecule has 2 atom stereocenters. The van der Waals surface area contributed by atoms with E-state index in [0.29, 0.717) is 11.9 Å². The van der Waals surface area contributed by atoms with Gasteiger partial charge in [0.05, 0.1) is 33.5 Å². The molecule has 2 unspecified atom stereocenters. The van der Waals surface area contributed by atoms with E-state index in [0.717, 1.165) is 28.0 Å². The third kappa shape index (κ3) is 6.37. The van der Waals surface area contributed by atoms with Crippen LogP contribution in [0.5, 0.6) is 0 Å². The molecule has 4 aromatic heterocycles. The maximum absolute atomic E-state index is 5.51. The smallest absolute Gasteiger partial charge is 0.235 e. The molecule has 0 saturated heterocycles. The first-order valence-corrected chi connectivity index (χ1v) is 25.6. The second kappa shape index (κ2) is 16.1. The van der Waals surface area contributed by atoms with Crippen LogP contribution in [0.3, 0.4) is 0 Å². The molecule has 4 nitrogen and oxygen atoms in total. The van der Waals surface area contributed by atoms with Gasteiger partial charge in [0, 0.05) is 58.9 Å². The Bertz CT molecular complexity index is 4540. The maximum atomic E-state index is 5.51. The highest BCUT2D eigenvalue weighted by atomic mass is 32.1. The van der Waals surface area contributed by atoms with Gasteiger partial charge in [-0.1, -0.05) is 165 Å². The number of allylic oxidation sites excluding steroid dienone is 8. The van der Waals surface area contributed by atoms with E-state index in [1.807, 2.05) is 11.3 Å². The van der Waals surface area contributed by atoms with Crippen molar-refractivity contribution < 1.29 is 0 Å². The lowest BCUT2D eigenvalue weighted by atomic mass is 9.75. The summed E-state index contributed by atoms with van der Waals surface area (Å²) >= 11 is 1.87. The summed E-state index contributed by atoms with van der Waals surface area (Å²) in [7, 11) is 0. The van der Waals surface area contributed by atoms with Crippen molar-refractivity contribution in [3.63, 3.8) is 0 Å². The minimum atomic E-state index is 0.240. The summed E-state index contributed by atoms with van der Waals surface area (Å²) in [5.74, 6) is 1.20. The van der Waals surface area contributed by atoms with Gasteiger partial charge in [0.25, 0.3) is 0 Å². The summed E-state index contributed by atoms with van der Waals surface area (Å²) in [6, 6.07) is 73.3. The molecule has 13 aromatic rings. The number of fused-ring (bicyclic) bond motifs is 11. The zero-order valence-corrected chi connectivity index (χ0v) is 40.2. The summed E-state index contributed by atoms with van der Waals surface area (Å²) in [6.45, 7) is 2.33. The molecule has 2 aliphatic carbocycles. The Balaban J connectivity index is 0.877. The molecule has 0 spiro atoms. The number of rotatable bonds is 6. The average molecular weight is 937 g/mol. The fourth-order valence-corrected chi connectivity index (χ4v) is 12.9. The third-order valence-corrected chi connectivity index (χ3v) is 16.5. The van der Waals surface area contributed by atoms with Crippen LogP contribution in [0.2, 0.25) is 0 Å². The van der Waals surface area contributed by atoms with Crippen LogP contribution in [-0.2, 0) is 0 Å². The van der Waals surface area contributed by atoms with Gasteiger partial charge in [-0.05, 0) is 129 Å². The van der Waals surface area contributed by atoms with Crippen molar-refractivity contribution in [2.45, 2.75) is 6.92 Å². The first kappa shape index (κ1) is 40.9. The van der Waals surface area contributed by atoms with Crippen LogP contribution in [0, 0.1) is 11.8 Å². The van der Waals surface area contributed by atoms with Gasteiger partial charge in [0.2, 0.25) is 5.95 Å². The fraction of sp³-hybridized carbons (Fsp3) is 0.0448. The topological polar surface area (TPSA) is 35.6 Å². The lowest BCUT2D eigenvalue weighted by Crippen LogP contribution is -2.18. The van der Waals surface area contributed by atoms with E-state index in [9.17, 15) is 0 Å². The van der Waals surface area contributed by atoms with Gasteiger partial charge in [-0.3, -0.25) is 4.57 Å². The zero-order valence-electron chi connectivity index (χ0n) is 39.4. The van der Waals surface area contributed by atoms with Gasteiger partial charge in [-0.2, -0.15) is 0 Å². The van der Waals surface area contributed by atoms with Crippen molar-refractivity contribution >= 4 is 91.5 Å². The molecule has 0 fully saturated rings. The molecule has 0 bridgehead atoms. The average Bonchev–Trinajstić information content (AvgIpc) is 4.10.